The first-order valence-corrected chi connectivity index (χ1v) is 6.42. The quantitative estimate of drug-likeness (QED) is 0.137. The van der Waals surface area contributed by atoms with Crippen LogP contribution in [0.5, 0.6) is 0 Å². The molecule has 0 bridgehead atoms. The number of hydrogen-bond donors (Lipinski definition) is 6. The van der Waals surface area contributed by atoms with E-state index in [9.17, 15) is 14.4 Å². The van der Waals surface area contributed by atoms with E-state index in [4.69, 9.17) is 17.2 Å². The average molecular weight is 301 g/mol. The van der Waals surface area contributed by atoms with Crippen LogP contribution in [-0.4, -0.2) is 56.4 Å². The summed E-state index contributed by atoms with van der Waals surface area (Å²) in [7, 11) is 1.64. The van der Waals surface area contributed by atoms with Gasteiger partial charge in [-0.05, 0) is 19.9 Å². The first kappa shape index (κ1) is 18.6. The third kappa shape index (κ3) is 10.1. The largest absolute Gasteiger partial charge is 0.370 e. The summed E-state index contributed by atoms with van der Waals surface area (Å²) in [6.45, 7) is -0.0617. The van der Waals surface area contributed by atoms with Gasteiger partial charge in [-0.2, -0.15) is 0 Å². The van der Waals surface area contributed by atoms with Crippen LogP contribution < -0.4 is 33.2 Å². The van der Waals surface area contributed by atoms with Gasteiger partial charge < -0.3 is 33.2 Å². The number of primary amides is 1. The Morgan fingerprint density at radius 2 is 1.76 bits per heavy atom. The fraction of sp³-hybridized carbons (Fsp3) is 0.636. The molecule has 0 spiro atoms. The first-order valence-electron chi connectivity index (χ1n) is 6.42. The van der Waals surface area contributed by atoms with E-state index in [2.05, 4.69) is 20.9 Å². The minimum Gasteiger partial charge on any atom is -0.370 e. The number of aliphatic imine (C=N–C) groups is 1. The molecule has 0 aromatic rings. The van der Waals surface area contributed by atoms with Crippen LogP contribution in [0.25, 0.3) is 0 Å². The van der Waals surface area contributed by atoms with Gasteiger partial charge in [0.05, 0.1) is 19.1 Å². The maximum atomic E-state index is 11.8. The Bertz CT molecular complexity index is 393. The van der Waals surface area contributed by atoms with Crippen LogP contribution in [0.3, 0.4) is 0 Å². The first-order chi connectivity index (χ1) is 9.86. The molecule has 21 heavy (non-hydrogen) atoms. The number of nitrogens with one attached hydrogen (secondary N) is 3. The Labute approximate surface area is 122 Å². The van der Waals surface area contributed by atoms with Gasteiger partial charge in [0.15, 0.2) is 5.96 Å². The Kier molecular flexibility index (Phi) is 9.26. The lowest BCUT2D eigenvalue weighted by Gasteiger charge is -2.15. The molecule has 0 saturated heterocycles. The topological polar surface area (TPSA) is 178 Å². The molecule has 0 aliphatic heterocycles. The molecule has 120 valence electrons. The Morgan fingerprint density at radius 3 is 2.29 bits per heavy atom. The Balaban J connectivity index is 4.01. The van der Waals surface area contributed by atoms with Crippen molar-refractivity contribution in [3.63, 3.8) is 0 Å². The van der Waals surface area contributed by atoms with Crippen LogP contribution in [0.4, 0.5) is 0 Å². The second kappa shape index (κ2) is 10.4. The fourth-order valence-electron chi connectivity index (χ4n) is 1.45. The highest BCUT2D eigenvalue weighted by Crippen LogP contribution is 1.97. The van der Waals surface area contributed by atoms with Gasteiger partial charge in [-0.15, -0.1) is 0 Å². The van der Waals surface area contributed by atoms with E-state index in [1.807, 2.05) is 0 Å². The number of carbonyl (C=O) groups excluding carboxylic acids is 3. The van der Waals surface area contributed by atoms with Gasteiger partial charge in [-0.3, -0.25) is 19.4 Å². The number of guanidine groups is 1. The van der Waals surface area contributed by atoms with E-state index in [0.717, 1.165) is 0 Å². The Morgan fingerprint density at radius 1 is 1.10 bits per heavy atom. The number of rotatable bonds is 10. The molecular formula is C11H23N7O3. The minimum atomic E-state index is -0.650. The predicted octanol–water partition coefficient (Wildman–Crippen LogP) is -3.65. The summed E-state index contributed by atoms with van der Waals surface area (Å²) < 4.78 is 0. The average Bonchev–Trinajstić information content (AvgIpc) is 2.42. The molecule has 0 radical (unpaired) electrons. The van der Waals surface area contributed by atoms with Crippen LogP contribution in [0.1, 0.15) is 12.8 Å². The molecule has 1 unspecified atom stereocenters. The second-order valence-corrected chi connectivity index (χ2v) is 4.25. The summed E-state index contributed by atoms with van der Waals surface area (Å²) in [4.78, 5) is 37.4. The third-order valence-corrected chi connectivity index (χ3v) is 2.49. The van der Waals surface area contributed by atoms with Crippen molar-refractivity contribution in [2.45, 2.75) is 18.9 Å². The molecule has 0 aromatic carbocycles. The summed E-state index contributed by atoms with van der Waals surface area (Å²) in [5.41, 5.74) is 15.3. The van der Waals surface area contributed by atoms with E-state index in [1.54, 1.807) is 7.05 Å². The number of amides is 3. The SMILES string of the molecule is CNC(CCCN=C(N)N)C(=O)NCC(=O)NCC(N)=O. The molecule has 0 aromatic heterocycles. The molecule has 9 N–H and O–H groups in total. The van der Waals surface area contributed by atoms with E-state index in [-0.39, 0.29) is 25.0 Å². The highest BCUT2D eigenvalue weighted by Gasteiger charge is 2.16. The predicted molar refractivity (Wildman–Crippen MR) is 78.0 cm³/mol. The van der Waals surface area contributed by atoms with E-state index in [0.29, 0.717) is 19.4 Å². The van der Waals surface area contributed by atoms with Crippen molar-refractivity contribution in [2.75, 3.05) is 26.7 Å². The van der Waals surface area contributed by atoms with Crippen LogP contribution >= 0.6 is 0 Å². The normalized spacial score (nSPS) is 11.3. The molecule has 0 heterocycles. The van der Waals surface area contributed by atoms with Crippen LogP contribution in [0, 0.1) is 0 Å². The van der Waals surface area contributed by atoms with Crippen molar-refractivity contribution < 1.29 is 14.4 Å². The smallest absolute Gasteiger partial charge is 0.239 e. The van der Waals surface area contributed by atoms with Gasteiger partial charge in [0.1, 0.15) is 0 Å². The molecule has 0 fully saturated rings. The Hall–Kier alpha value is -2.36. The summed E-state index contributed by atoms with van der Waals surface area (Å²) in [5, 5.41) is 7.56. The molecule has 10 nitrogen and oxygen atoms in total. The van der Waals surface area contributed by atoms with Gasteiger partial charge in [-0.1, -0.05) is 0 Å². The fourth-order valence-corrected chi connectivity index (χ4v) is 1.45. The molecule has 3 amide bonds. The van der Waals surface area contributed by atoms with Crippen molar-refractivity contribution in [3.05, 3.63) is 0 Å². The number of likely N-dealkylation sites (N-methyl/N-ethyl adjacent to an activating group) is 1. The van der Waals surface area contributed by atoms with Crippen molar-refractivity contribution in [2.24, 2.45) is 22.2 Å². The molecular weight excluding hydrogens is 278 g/mol. The molecule has 0 rings (SSSR count). The van der Waals surface area contributed by atoms with E-state index in [1.165, 1.54) is 0 Å². The molecule has 0 aliphatic carbocycles. The highest BCUT2D eigenvalue weighted by atomic mass is 16.2. The summed E-state index contributed by atoms with van der Waals surface area (Å²) in [6.07, 6.45) is 1.13. The standard InChI is InChI=1S/C11H23N7O3/c1-15-7(3-2-4-16-11(13)14)10(21)18-6-9(20)17-5-8(12)19/h7,15H,2-6H2,1H3,(H2,12,19)(H,17,20)(H,18,21)(H4,13,14,16). The molecule has 1 atom stereocenters. The van der Waals surface area contributed by atoms with Gasteiger partial charge in [-0.25, -0.2) is 0 Å². The maximum absolute atomic E-state index is 11.8. The lowest BCUT2D eigenvalue weighted by molar-refractivity contribution is -0.128. The highest BCUT2D eigenvalue weighted by molar-refractivity contribution is 5.89. The molecule has 0 aliphatic rings. The molecule has 10 heteroatoms. The van der Waals surface area contributed by atoms with Gasteiger partial charge >= 0.3 is 0 Å². The zero-order valence-corrected chi connectivity index (χ0v) is 12.0. The minimum absolute atomic E-state index is 0.00609. The summed E-state index contributed by atoms with van der Waals surface area (Å²) in [6, 6.07) is -0.455. The summed E-state index contributed by atoms with van der Waals surface area (Å²) in [5.74, 6) is -1.46. The van der Waals surface area contributed by atoms with Crippen LogP contribution in [-0.2, 0) is 14.4 Å². The number of nitrogens with two attached hydrogens (primary N) is 3. The lowest BCUT2D eigenvalue weighted by Crippen LogP contribution is -2.47. The van der Waals surface area contributed by atoms with E-state index < -0.39 is 17.9 Å². The number of hydrogen-bond acceptors (Lipinski definition) is 5. The lowest BCUT2D eigenvalue weighted by atomic mass is 10.1. The van der Waals surface area contributed by atoms with Gasteiger partial charge in [0.25, 0.3) is 0 Å². The monoisotopic (exact) mass is 301 g/mol. The molecule has 0 saturated carbocycles. The van der Waals surface area contributed by atoms with Crippen LogP contribution in [0.15, 0.2) is 4.99 Å². The zero-order chi connectivity index (χ0) is 16.3. The van der Waals surface area contributed by atoms with Crippen molar-refractivity contribution >= 4 is 23.7 Å². The summed E-state index contributed by atoms with van der Waals surface area (Å²) >= 11 is 0. The second-order valence-electron chi connectivity index (χ2n) is 4.25. The van der Waals surface area contributed by atoms with E-state index >= 15 is 0 Å². The van der Waals surface area contributed by atoms with Gasteiger partial charge in [0.2, 0.25) is 17.7 Å². The van der Waals surface area contributed by atoms with Crippen molar-refractivity contribution in [1.82, 2.24) is 16.0 Å². The van der Waals surface area contributed by atoms with Crippen molar-refractivity contribution in [1.29, 1.82) is 0 Å². The third-order valence-electron chi connectivity index (χ3n) is 2.49. The van der Waals surface area contributed by atoms with Gasteiger partial charge in [0, 0.05) is 6.54 Å². The number of carbonyl (C=O) groups is 3. The van der Waals surface area contributed by atoms with Crippen molar-refractivity contribution in [3.8, 4) is 0 Å². The number of nitrogens with zero attached hydrogens (tertiary/aromatic N) is 1. The van der Waals surface area contributed by atoms with Crippen LogP contribution in [0.2, 0.25) is 0 Å². The zero-order valence-electron chi connectivity index (χ0n) is 12.0. The maximum Gasteiger partial charge on any atom is 0.239 e.